The summed E-state index contributed by atoms with van der Waals surface area (Å²) in [6.07, 6.45) is 7.27. The van der Waals surface area contributed by atoms with Gasteiger partial charge in [0, 0.05) is 24.9 Å². The number of hydrogen-bond donors (Lipinski definition) is 3. The van der Waals surface area contributed by atoms with Crippen molar-refractivity contribution < 1.29 is 4.79 Å². The average Bonchev–Trinajstić information content (AvgIpc) is 2.91. The van der Waals surface area contributed by atoms with Crippen molar-refractivity contribution in [2.45, 2.75) is 46.0 Å². The van der Waals surface area contributed by atoms with Crippen LogP contribution in [0, 0.1) is 5.41 Å². The van der Waals surface area contributed by atoms with Gasteiger partial charge in [0.05, 0.1) is 16.7 Å². The SMILES string of the molecule is CCCC(CCC)(C(=O)NCCc1cnc[nH]1)C(N)=S. The van der Waals surface area contributed by atoms with E-state index in [-0.39, 0.29) is 5.91 Å². The molecule has 1 amide bonds. The van der Waals surface area contributed by atoms with Crippen molar-refractivity contribution in [3.63, 3.8) is 0 Å². The molecular formula is C14H24N4OS. The van der Waals surface area contributed by atoms with Gasteiger partial charge in [-0.05, 0) is 12.8 Å². The summed E-state index contributed by atoms with van der Waals surface area (Å²) in [4.78, 5) is 19.8. The van der Waals surface area contributed by atoms with Crippen molar-refractivity contribution in [3.8, 4) is 0 Å². The minimum absolute atomic E-state index is 0.0479. The van der Waals surface area contributed by atoms with E-state index in [1.807, 2.05) is 13.8 Å². The molecule has 0 bridgehead atoms. The Bertz CT molecular complexity index is 424. The highest BCUT2D eigenvalue weighted by molar-refractivity contribution is 7.80. The molecule has 20 heavy (non-hydrogen) atoms. The van der Waals surface area contributed by atoms with Gasteiger partial charge in [0.25, 0.3) is 0 Å². The lowest BCUT2D eigenvalue weighted by Crippen LogP contribution is -2.49. The highest BCUT2D eigenvalue weighted by atomic mass is 32.1. The number of H-pyrrole nitrogens is 1. The van der Waals surface area contributed by atoms with Crippen molar-refractivity contribution in [3.05, 3.63) is 18.2 Å². The number of nitrogens with zero attached hydrogens (tertiary/aromatic N) is 1. The molecule has 5 nitrogen and oxygen atoms in total. The van der Waals surface area contributed by atoms with E-state index in [1.165, 1.54) is 0 Å². The molecule has 0 spiro atoms. The molecule has 1 rings (SSSR count). The summed E-state index contributed by atoms with van der Waals surface area (Å²) in [7, 11) is 0. The molecule has 0 aliphatic rings. The Balaban J connectivity index is 2.64. The molecule has 1 aromatic rings. The van der Waals surface area contributed by atoms with E-state index < -0.39 is 5.41 Å². The number of nitrogens with one attached hydrogen (secondary N) is 2. The lowest BCUT2D eigenvalue weighted by molar-refractivity contribution is -0.128. The Morgan fingerprint density at radius 1 is 1.45 bits per heavy atom. The van der Waals surface area contributed by atoms with Gasteiger partial charge in [-0.3, -0.25) is 4.79 Å². The van der Waals surface area contributed by atoms with Gasteiger partial charge in [-0.15, -0.1) is 0 Å². The van der Waals surface area contributed by atoms with Crippen molar-refractivity contribution >= 4 is 23.1 Å². The molecule has 0 saturated heterocycles. The zero-order valence-corrected chi connectivity index (χ0v) is 13.1. The van der Waals surface area contributed by atoms with Gasteiger partial charge < -0.3 is 16.0 Å². The number of carbonyl (C=O) groups is 1. The Morgan fingerprint density at radius 3 is 2.55 bits per heavy atom. The Morgan fingerprint density at radius 2 is 2.10 bits per heavy atom. The number of rotatable bonds is 9. The molecule has 112 valence electrons. The molecule has 0 aliphatic heterocycles. The number of carbonyl (C=O) groups excluding carboxylic acids is 1. The van der Waals surface area contributed by atoms with Gasteiger partial charge in [0.15, 0.2) is 0 Å². The minimum Gasteiger partial charge on any atom is -0.392 e. The molecule has 0 fully saturated rings. The molecule has 1 heterocycles. The molecule has 1 aromatic heterocycles. The lowest BCUT2D eigenvalue weighted by Gasteiger charge is -2.31. The average molecular weight is 296 g/mol. The van der Waals surface area contributed by atoms with Crippen LogP contribution in [0.1, 0.15) is 45.2 Å². The van der Waals surface area contributed by atoms with E-state index in [1.54, 1.807) is 12.5 Å². The van der Waals surface area contributed by atoms with Crippen LogP contribution in [0.5, 0.6) is 0 Å². The first-order chi connectivity index (χ1) is 9.56. The fraction of sp³-hybridized carbons (Fsp3) is 0.643. The third-order valence-corrected chi connectivity index (χ3v) is 3.89. The third-order valence-electron chi connectivity index (χ3n) is 3.49. The minimum atomic E-state index is -0.702. The summed E-state index contributed by atoms with van der Waals surface area (Å²) < 4.78 is 0. The predicted octanol–water partition coefficient (Wildman–Crippen LogP) is 1.94. The fourth-order valence-corrected chi connectivity index (χ4v) is 2.76. The van der Waals surface area contributed by atoms with Crippen molar-refractivity contribution in [1.29, 1.82) is 0 Å². The van der Waals surface area contributed by atoms with Gasteiger partial charge in [-0.1, -0.05) is 38.9 Å². The summed E-state index contributed by atoms with van der Waals surface area (Å²) in [5, 5.41) is 2.96. The van der Waals surface area contributed by atoms with E-state index >= 15 is 0 Å². The largest absolute Gasteiger partial charge is 0.392 e. The van der Waals surface area contributed by atoms with Crippen LogP contribution >= 0.6 is 12.2 Å². The first-order valence-electron chi connectivity index (χ1n) is 7.12. The van der Waals surface area contributed by atoms with Crippen LogP contribution in [0.4, 0.5) is 0 Å². The number of thiocarbonyl (C=S) groups is 1. The smallest absolute Gasteiger partial charge is 0.233 e. The second-order valence-corrected chi connectivity index (χ2v) is 5.47. The van der Waals surface area contributed by atoms with E-state index in [0.29, 0.717) is 24.4 Å². The number of imidazole rings is 1. The highest BCUT2D eigenvalue weighted by Gasteiger charge is 2.39. The first-order valence-corrected chi connectivity index (χ1v) is 7.53. The summed E-state index contributed by atoms with van der Waals surface area (Å²) in [5.41, 5.74) is 6.16. The zero-order valence-electron chi connectivity index (χ0n) is 12.2. The fourth-order valence-electron chi connectivity index (χ4n) is 2.47. The maximum Gasteiger partial charge on any atom is 0.233 e. The van der Waals surface area contributed by atoms with Crippen LogP contribution < -0.4 is 11.1 Å². The van der Waals surface area contributed by atoms with Gasteiger partial charge >= 0.3 is 0 Å². The van der Waals surface area contributed by atoms with Gasteiger partial charge in [-0.25, -0.2) is 4.98 Å². The molecule has 6 heteroatoms. The first kappa shape index (κ1) is 16.6. The summed E-state index contributed by atoms with van der Waals surface area (Å²) in [6, 6.07) is 0. The summed E-state index contributed by atoms with van der Waals surface area (Å²) >= 11 is 5.17. The highest BCUT2D eigenvalue weighted by Crippen LogP contribution is 2.30. The van der Waals surface area contributed by atoms with Gasteiger partial charge in [-0.2, -0.15) is 0 Å². The normalized spacial score (nSPS) is 11.3. The van der Waals surface area contributed by atoms with E-state index in [0.717, 1.165) is 25.0 Å². The Hall–Kier alpha value is -1.43. The standard InChI is InChI=1S/C14H24N4OS/c1-3-6-14(7-4-2,12(15)20)13(19)17-8-5-11-9-16-10-18-11/h9-10H,3-8H2,1-2H3,(H2,15,20)(H,16,18)(H,17,19). The van der Waals surface area contributed by atoms with Crippen molar-refractivity contribution in [2.75, 3.05) is 6.54 Å². The molecule has 0 atom stereocenters. The lowest BCUT2D eigenvalue weighted by atomic mass is 9.78. The number of nitrogens with two attached hydrogens (primary N) is 1. The van der Waals surface area contributed by atoms with E-state index in [9.17, 15) is 4.79 Å². The van der Waals surface area contributed by atoms with E-state index in [2.05, 4.69) is 15.3 Å². The molecule has 0 aliphatic carbocycles. The molecule has 4 N–H and O–H groups in total. The topological polar surface area (TPSA) is 83.8 Å². The van der Waals surface area contributed by atoms with E-state index in [4.69, 9.17) is 18.0 Å². The molecule has 0 radical (unpaired) electrons. The third kappa shape index (κ3) is 4.03. The number of hydrogen-bond acceptors (Lipinski definition) is 3. The van der Waals surface area contributed by atoms with Crippen LogP contribution in [-0.4, -0.2) is 27.4 Å². The van der Waals surface area contributed by atoms with Crippen LogP contribution in [0.3, 0.4) is 0 Å². The Labute approximate surface area is 125 Å². The van der Waals surface area contributed by atoms with Gasteiger partial charge in [0.2, 0.25) is 5.91 Å². The van der Waals surface area contributed by atoms with Crippen LogP contribution in [0.15, 0.2) is 12.5 Å². The summed E-state index contributed by atoms with van der Waals surface area (Å²) in [5.74, 6) is -0.0479. The number of aromatic nitrogens is 2. The van der Waals surface area contributed by atoms with Gasteiger partial charge in [0.1, 0.15) is 0 Å². The Kier molecular flexibility index (Phi) is 6.64. The molecule has 0 unspecified atom stereocenters. The van der Waals surface area contributed by atoms with Crippen LogP contribution in [0.2, 0.25) is 0 Å². The second kappa shape index (κ2) is 7.99. The van der Waals surface area contributed by atoms with Crippen molar-refractivity contribution in [2.24, 2.45) is 11.1 Å². The predicted molar refractivity (Wildman–Crippen MR) is 84.3 cm³/mol. The second-order valence-electron chi connectivity index (χ2n) is 5.03. The molecular weight excluding hydrogens is 272 g/mol. The summed E-state index contributed by atoms with van der Waals surface area (Å²) in [6.45, 7) is 4.64. The molecule has 0 saturated carbocycles. The van der Waals surface area contributed by atoms with Crippen LogP contribution in [0.25, 0.3) is 0 Å². The van der Waals surface area contributed by atoms with Crippen LogP contribution in [-0.2, 0) is 11.2 Å². The monoisotopic (exact) mass is 296 g/mol. The number of aromatic amines is 1. The number of amides is 1. The quantitative estimate of drug-likeness (QED) is 0.608. The van der Waals surface area contributed by atoms with Crippen molar-refractivity contribution in [1.82, 2.24) is 15.3 Å². The maximum atomic E-state index is 12.5. The molecule has 0 aromatic carbocycles. The zero-order chi connectivity index (χ0) is 15.0. The maximum absolute atomic E-state index is 12.5.